The average Bonchev–Trinajstić information content (AvgIpc) is 3.02. The first-order chi connectivity index (χ1) is 10.7. The zero-order valence-electron chi connectivity index (χ0n) is 12.4. The van der Waals surface area contributed by atoms with Crippen LogP contribution < -0.4 is 5.32 Å². The molecule has 1 heterocycles. The van der Waals surface area contributed by atoms with Crippen LogP contribution in [-0.2, 0) is 6.54 Å². The molecule has 1 N–H and O–H groups in total. The van der Waals surface area contributed by atoms with Gasteiger partial charge in [-0.05, 0) is 36.8 Å². The molecular weight excluding hydrogens is 294 g/mol. The zero-order valence-corrected chi connectivity index (χ0v) is 13.2. The maximum Gasteiger partial charge on any atom is 0.134 e. The molecule has 112 valence electrons. The molecule has 0 spiro atoms. The van der Waals surface area contributed by atoms with Crippen LogP contribution in [0.25, 0.3) is 11.3 Å². The molecule has 0 aliphatic heterocycles. The monoisotopic (exact) mass is 311 g/mol. The molecule has 0 unspecified atom stereocenters. The van der Waals surface area contributed by atoms with Crippen molar-refractivity contribution in [3.8, 4) is 11.3 Å². The minimum Gasteiger partial charge on any atom is -0.460 e. The molecule has 1 aromatic heterocycles. The van der Waals surface area contributed by atoms with Crippen molar-refractivity contribution in [1.82, 2.24) is 5.32 Å². The van der Waals surface area contributed by atoms with Crippen molar-refractivity contribution in [2.75, 3.05) is 0 Å². The van der Waals surface area contributed by atoms with Gasteiger partial charge in [0.15, 0.2) is 0 Å². The summed E-state index contributed by atoms with van der Waals surface area (Å²) in [6, 6.07) is 22.3. The van der Waals surface area contributed by atoms with Gasteiger partial charge in [-0.2, -0.15) is 0 Å². The first-order valence-corrected chi connectivity index (χ1v) is 7.73. The summed E-state index contributed by atoms with van der Waals surface area (Å²) in [5.74, 6) is 1.75. The van der Waals surface area contributed by atoms with Crippen LogP contribution in [0.1, 0.15) is 24.3 Å². The lowest BCUT2D eigenvalue weighted by Gasteiger charge is -2.12. The summed E-state index contributed by atoms with van der Waals surface area (Å²) >= 11 is 6.02. The molecule has 1 atom stereocenters. The number of halogens is 1. The van der Waals surface area contributed by atoms with Crippen molar-refractivity contribution >= 4 is 11.6 Å². The lowest BCUT2D eigenvalue weighted by Crippen LogP contribution is -2.17. The minimum atomic E-state index is 0.279. The predicted molar refractivity (Wildman–Crippen MR) is 90.9 cm³/mol. The van der Waals surface area contributed by atoms with Gasteiger partial charge in [-0.15, -0.1) is 0 Å². The molecule has 0 bridgehead atoms. The van der Waals surface area contributed by atoms with Gasteiger partial charge in [0.1, 0.15) is 11.5 Å². The SMILES string of the molecule is C[C@@H](NCc1ccc(-c2cccc(Cl)c2)o1)c1ccccc1. The van der Waals surface area contributed by atoms with E-state index in [9.17, 15) is 0 Å². The van der Waals surface area contributed by atoms with E-state index in [0.717, 1.165) is 17.1 Å². The molecular formula is C19H18ClNO. The van der Waals surface area contributed by atoms with Gasteiger partial charge in [0.05, 0.1) is 6.54 Å². The summed E-state index contributed by atoms with van der Waals surface area (Å²) in [6.45, 7) is 2.84. The Morgan fingerprint density at radius 1 is 1.00 bits per heavy atom. The van der Waals surface area contributed by atoms with Crippen LogP contribution in [0.5, 0.6) is 0 Å². The van der Waals surface area contributed by atoms with Gasteiger partial charge in [0, 0.05) is 16.6 Å². The number of rotatable bonds is 5. The molecule has 0 amide bonds. The van der Waals surface area contributed by atoms with Gasteiger partial charge >= 0.3 is 0 Å². The molecule has 2 aromatic carbocycles. The van der Waals surface area contributed by atoms with Crippen LogP contribution >= 0.6 is 11.6 Å². The van der Waals surface area contributed by atoms with Crippen molar-refractivity contribution in [2.45, 2.75) is 19.5 Å². The molecule has 0 saturated heterocycles. The molecule has 0 aliphatic carbocycles. The quantitative estimate of drug-likeness (QED) is 0.677. The fourth-order valence-corrected chi connectivity index (χ4v) is 2.57. The maximum absolute atomic E-state index is 6.02. The van der Waals surface area contributed by atoms with E-state index in [2.05, 4.69) is 36.5 Å². The van der Waals surface area contributed by atoms with E-state index < -0.39 is 0 Å². The standard InChI is InChI=1S/C19H18ClNO/c1-14(15-6-3-2-4-7-15)21-13-18-10-11-19(22-18)16-8-5-9-17(20)12-16/h2-12,14,21H,13H2,1H3/t14-/m1/s1. The normalized spacial score (nSPS) is 12.3. The minimum absolute atomic E-state index is 0.279. The summed E-state index contributed by atoms with van der Waals surface area (Å²) in [6.07, 6.45) is 0. The third-order valence-corrected chi connectivity index (χ3v) is 3.89. The third-order valence-electron chi connectivity index (χ3n) is 3.65. The van der Waals surface area contributed by atoms with Gasteiger partial charge in [-0.25, -0.2) is 0 Å². The van der Waals surface area contributed by atoms with Crippen molar-refractivity contribution < 1.29 is 4.42 Å². The van der Waals surface area contributed by atoms with Crippen LogP contribution in [0.3, 0.4) is 0 Å². The van der Waals surface area contributed by atoms with E-state index >= 15 is 0 Å². The molecule has 0 aliphatic rings. The van der Waals surface area contributed by atoms with Crippen molar-refractivity contribution in [1.29, 1.82) is 0 Å². The summed E-state index contributed by atoms with van der Waals surface area (Å²) < 4.78 is 5.89. The molecule has 3 rings (SSSR count). The summed E-state index contributed by atoms with van der Waals surface area (Å²) in [5, 5.41) is 4.19. The zero-order chi connectivity index (χ0) is 15.4. The van der Waals surface area contributed by atoms with Gasteiger partial charge < -0.3 is 9.73 Å². The van der Waals surface area contributed by atoms with E-state index in [4.69, 9.17) is 16.0 Å². The summed E-state index contributed by atoms with van der Waals surface area (Å²) in [5.41, 5.74) is 2.26. The van der Waals surface area contributed by atoms with E-state index in [1.807, 2.05) is 42.5 Å². The number of benzene rings is 2. The van der Waals surface area contributed by atoms with Crippen LogP contribution in [0.15, 0.2) is 71.1 Å². The van der Waals surface area contributed by atoms with Crippen LogP contribution in [0.2, 0.25) is 5.02 Å². The maximum atomic E-state index is 6.02. The Hall–Kier alpha value is -2.03. The van der Waals surface area contributed by atoms with E-state index in [-0.39, 0.29) is 6.04 Å². The molecule has 22 heavy (non-hydrogen) atoms. The average molecular weight is 312 g/mol. The lowest BCUT2D eigenvalue weighted by molar-refractivity contribution is 0.468. The summed E-state index contributed by atoms with van der Waals surface area (Å²) in [7, 11) is 0. The van der Waals surface area contributed by atoms with Crippen molar-refractivity contribution in [3.05, 3.63) is 83.1 Å². The van der Waals surface area contributed by atoms with Crippen LogP contribution in [0, 0.1) is 0 Å². The second-order valence-corrected chi connectivity index (χ2v) is 5.73. The Bertz CT molecular complexity index is 736. The molecule has 0 radical (unpaired) electrons. The van der Waals surface area contributed by atoms with Crippen LogP contribution in [-0.4, -0.2) is 0 Å². The molecule has 3 aromatic rings. The Balaban J connectivity index is 1.65. The smallest absolute Gasteiger partial charge is 0.134 e. The second-order valence-electron chi connectivity index (χ2n) is 5.29. The first-order valence-electron chi connectivity index (χ1n) is 7.35. The van der Waals surface area contributed by atoms with E-state index in [1.165, 1.54) is 5.56 Å². The molecule has 2 nitrogen and oxygen atoms in total. The topological polar surface area (TPSA) is 25.2 Å². The van der Waals surface area contributed by atoms with Gasteiger partial charge in [-0.1, -0.05) is 54.1 Å². The highest BCUT2D eigenvalue weighted by Gasteiger charge is 2.08. The molecule has 3 heteroatoms. The van der Waals surface area contributed by atoms with E-state index in [1.54, 1.807) is 0 Å². The Morgan fingerprint density at radius 2 is 1.82 bits per heavy atom. The molecule has 0 saturated carbocycles. The summed E-state index contributed by atoms with van der Waals surface area (Å²) in [4.78, 5) is 0. The van der Waals surface area contributed by atoms with Crippen LogP contribution in [0.4, 0.5) is 0 Å². The van der Waals surface area contributed by atoms with Gasteiger partial charge in [0.2, 0.25) is 0 Å². The highest BCUT2D eigenvalue weighted by molar-refractivity contribution is 6.30. The third kappa shape index (κ3) is 3.59. The Kier molecular flexibility index (Phi) is 4.62. The largest absolute Gasteiger partial charge is 0.460 e. The van der Waals surface area contributed by atoms with Crippen molar-refractivity contribution in [2.24, 2.45) is 0 Å². The highest BCUT2D eigenvalue weighted by Crippen LogP contribution is 2.25. The number of nitrogens with one attached hydrogen (secondary N) is 1. The number of hydrogen-bond acceptors (Lipinski definition) is 2. The fourth-order valence-electron chi connectivity index (χ4n) is 2.38. The Morgan fingerprint density at radius 3 is 2.59 bits per heavy atom. The lowest BCUT2D eigenvalue weighted by atomic mass is 10.1. The number of hydrogen-bond donors (Lipinski definition) is 1. The van der Waals surface area contributed by atoms with Gasteiger partial charge in [-0.3, -0.25) is 0 Å². The highest BCUT2D eigenvalue weighted by atomic mass is 35.5. The first kappa shape index (κ1) is 14.9. The Labute approximate surface area is 135 Å². The number of furan rings is 1. The van der Waals surface area contributed by atoms with E-state index in [0.29, 0.717) is 11.6 Å². The molecule has 0 fully saturated rings. The van der Waals surface area contributed by atoms with Crippen molar-refractivity contribution in [3.63, 3.8) is 0 Å². The fraction of sp³-hybridized carbons (Fsp3) is 0.158. The predicted octanol–water partition coefficient (Wildman–Crippen LogP) is 5.45. The second kappa shape index (κ2) is 6.82. The van der Waals surface area contributed by atoms with Gasteiger partial charge in [0.25, 0.3) is 0 Å².